The van der Waals surface area contributed by atoms with Crippen LogP contribution in [0.25, 0.3) is 0 Å². The van der Waals surface area contributed by atoms with Crippen LogP contribution in [-0.4, -0.2) is 28.3 Å². The lowest BCUT2D eigenvalue weighted by molar-refractivity contribution is -0.147. The zero-order valence-electron chi connectivity index (χ0n) is 6.82. The smallest absolute Gasteiger partial charge is 0.332 e. The van der Waals surface area contributed by atoms with Crippen LogP contribution in [0, 0.1) is 5.92 Å². The van der Waals surface area contributed by atoms with Crippen molar-refractivity contribution in [2.75, 3.05) is 0 Å². The normalized spacial score (nSPS) is 16.5. The first-order chi connectivity index (χ1) is 4.95. The number of nitrogens with two attached hydrogens (primary N) is 1. The van der Waals surface area contributed by atoms with Gasteiger partial charge in [0.2, 0.25) is 0 Å². The highest BCUT2D eigenvalue weighted by Crippen LogP contribution is 2.05. The third kappa shape index (κ3) is 3.95. The Kier molecular flexibility index (Phi) is 4.07. The van der Waals surface area contributed by atoms with Crippen molar-refractivity contribution in [2.45, 2.75) is 32.4 Å². The fourth-order valence-corrected chi connectivity index (χ4v) is 0.631. The molecule has 0 rings (SSSR count). The molecule has 0 aliphatic carbocycles. The van der Waals surface area contributed by atoms with E-state index in [-0.39, 0.29) is 18.4 Å². The molecule has 4 heteroatoms. The maximum Gasteiger partial charge on any atom is 0.332 e. The van der Waals surface area contributed by atoms with Crippen molar-refractivity contribution >= 4 is 5.97 Å². The van der Waals surface area contributed by atoms with Crippen LogP contribution in [0.2, 0.25) is 0 Å². The zero-order chi connectivity index (χ0) is 9.02. The van der Waals surface area contributed by atoms with E-state index in [2.05, 4.69) is 0 Å². The van der Waals surface area contributed by atoms with Crippen LogP contribution < -0.4 is 5.73 Å². The van der Waals surface area contributed by atoms with E-state index in [9.17, 15) is 4.79 Å². The number of hydrogen-bond donors (Lipinski definition) is 3. The average Bonchev–Trinajstić information content (AvgIpc) is 1.87. The molecule has 0 aliphatic rings. The van der Waals surface area contributed by atoms with Gasteiger partial charge in [0.05, 0.1) is 0 Å². The van der Waals surface area contributed by atoms with E-state index in [1.54, 1.807) is 0 Å². The molecular formula is C7H15NO3. The third-order valence-corrected chi connectivity index (χ3v) is 1.64. The van der Waals surface area contributed by atoms with Crippen LogP contribution in [-0.2, 0) is 4.79 Å². The predicted molar refractivity (Wildman–Crippen MR) is 41.1 cm³/mol. The summed E-state index contributed by atoms with van der Waals surface area (Å²) in [5.41, 5.74) is 5.53. The molecule has 0 saturated carbocycles. The van der Waals surface area contributed by atoms with Crippen LogP contribution in [0.1, 0.15) is 20.3 Å². The third-order valence-electron chi connectivity index (χ3n) is 1.64. The maximum atomic E-state index is 10.2. The van der Waals surface area contributed by atoms with Crippen molar-refractivity contribution in [3.05, 3.63) is 0 Å². The molecule has 4 nitrogen and oxygen atoms in total. The number of rotatable bonds is 4. The first-order valence-corrected chi connectivity index (χ1v) is 3.61. The van der Waals surface area contributed by atoms with Gasteiger partial charge >= 0.3 is 5.97 Å². The standard InChI is InChI=1S/C7H15NO3/c1-4(2)5(8)3-6(9)7(10)11/h4-6,9H,3,8H2,1-2H3,(H,10,11). The second-order valence-corrected chi connectivity index (χ2v) is 3.00. The molecule has 11 heavy (non-hydrogen) atoms. The van der Waals surface area contributed by atoms with Gasteiger partial charge in [-0.05, 0) is 12.3 Å². The van der Waals surface area contributed by atoms with Gasteiger partial charge in [0.1, 0.15) is 0 Å². The van der Waals surface area contributed by atoms with Crippen molar-refractivity contribution in [1.29, 1.82) is 0 Å². The summed E-state index contributed by atoms with van der Waals surface area (Å²) in [6.45, 7) is 3.78. The Labute approximate surface area is 66.0 Å². The van der Waals surface area contributed by atoms with Crippen LogP contribution >= 0.6 is 0 Å². The molecule has 0 radical (unpaired) electrons. The highest BCUT2D eigenvalue weighted by Gasteiger charge is 2.18. The van der Waals surface area contributed by atoms with Crippen molar-refractivity contribution in [3.63, 3.8) is 0 Å². The molecule has 0 bridgehead atoms. The molecular weight excluding hydrogens is 146 g/mol. The van der Waals surface area contributed by atoms with Gasteiger partial charge in [-0.2, -0.15) is 0 Å². The minimum Gasteiger partial charge on any atom is -0.479 e. The van der Waals surface area contributed by atoms with Crippen LogP contribution in [0.5, 0.6) is 0 Å². The van der Waals surface area contributed by atoms with Gasteiger partial charge in [0, 0.05) is 6.04 Å². The molecule has 66 valence electrons. The maximum absolute atomic E-state index is 10.2. The van der Waals surface area contributed by atoms with Crippen LogP contribution in [0.4, 0.5) is 0 Å². The Balaban J connectivity index is 3.75. The lowest BCUT2D eigenvalue weighted by atomic mass is 9.99. The number of aliphatic hydroxyl groups excluding tert-OH is 1. The minimum absolute atomic E-state index is 0.118. The van der Waals surface area contributed by atoms with Crippen LogP contribution in [0.15, 0.2) is 0 Å². The van der Waals surface area contributed by atoms with E-state index < -0.39 is 12.1 Å². The summed E-state index contributed by atoms with van der Waals surface area (Å²) in [6.07, 6.45) is -1.21. The molecule has 0 heterocycles. The number of hydrogen-bond acceptors (Lipinski definition) is 3. The van der Waals surface area contributed by atoms with E-state index in [4.69, 9.17) is 15.9 Å². The molecule has 0 fully saturated rings. The molecule has 2 unspecified atom stereocenters. The summed E-state index contributed by atoms with van der Waals surface area (Å²) in [6, 6.07) is -0.249. The monoisotopic (exact) mass is 161 g/mol. The highest BCUT2D eigenvalue weighted by atomic mass is 16.4. The fraction of sp³-hybridized carbons (Fsp3) is 0.857. The Bertz CT molecular complexity index is 136. The lowest BCUT2D eigenvalue weighted by Gasteiger charge is -2.16. The van der Waals surface area contributed by atoms with Gasteiger partial charge in [0.25, 0.3) is 0 Å². The molecule has 0 aromatic carbocycles. The Morgan fingerprint density at radius 1 is 1.55 bits per heavy atom. The van der Waals surface area contributed by atoms with Gasteiger partial charge in [0.15, 0.2) is 6.10 Å². The second-order valence-electron chi connectivity index (χ2n) is 3.00. The van der Waals surface area contributed by atoms with E-state index >= 15 is 0 Å². The molecule has 0 spiro atoms. The molecule has 0 saturated heterocycles. The number of aliphatic carboxylic acids is 1. The average molecular weight is 161 g/mol. The van der Waals surface area contributed by atoms with Gasteiger partial charge in [-0.25, -0.2) is 4.79 Å². The quantitative estimate of drug-likeness (QED) is 0.533. The summed E-state index contributed by atoms with van der Waals surface area (Å²) < 4.78 is 0. The molecule has 4 N–H and O–H groups in total. The zero-order valence-corrected chi connectivity index (χ0v) is 6.82. The molecule has 0 aromatic heterocycles. The van der Waals surface area contributed by atoms with E-state index in [1.807, 2.05) is 13.8 Å². The van der Waals surface area contributed by atoms with Crippen molar-refractivity contribution in [1.82, 2.24) is 0 Å². The first kappa shape index (κ1) is 10.4. The highest BCUT2D eigenvalue weighted by molar-refractivity contribution is 5.71. The molecule has 2 atom stereocenters. The Morgan fingerprint density at radius 3 is 2.27 bits per heavy atom. The largest absolute Gasteiger partial charge is 0.479 e. The minimum atomic E-state index is -1.33. The van der Waals surface area contributed by atoms with E-state index in [0.717, 1.165) is 0 Å². The number of carboxylic acids is 1. The molecule has 0 amide bonds. The van der Waals surface area contributed by atoms with E-state index in [1.165, 1.54) is 0 Å². The van der Waals surface area contributed by atoms with Crippen molar-refractivity contribution < 1.29 is 15.0 Å². The second kappa shape index (κ2) is 4.31. The fourth-order valence-electron chi connectivity index (χ4n) is 0.631. The predicted octanol–water partition coefficient (Wildman–Crippen LogP) is -0.195. The summed E-state index contributed by atoms with van der Waals surface area (Å²) in [4.78, 5) is 10.2. The summed E-state index contributed by atoms with van der Waals surface area (Å²) >= 11 is 0. The molecule has 0 aromatic rings. The number of aliphatic hydroxyl groups is 1. The summed E-state index contributed by atoms with van der Waals surface area (Å²) in [5, 5.41) is 17.2. The lowest BCUT2D eigenvalue weighted by Crippen LogP contribution is -2.34. The van der Waals surface area contributed by atoms with Crippen molar-refractivity contribution in [2.24, 2.45) is 11.7 Å². The SMILES string of the molecule is CC(C)C(N)CC(O)C(=O)O. The van der Waals surface area contributed by atoms with Crippen molar-refractivity contribution in [3.8, 4) is 0 Å². The Morgan fingerprint density at radius 2 is 2.00 bits per heavy atom. The Hall–Kier alpha value is -0.610. The number of carbonyl (C=O) groups is 1. The first-order valence-electron chi connectivity index (χ1n) is 3.61. The van der Waals surface area contributed by atoms with Gasteiger partial charge < -0.3 is 15.9 Å². The topological polar surface area (TPSA) is 83.5 Å². The van der Waals surface area contributed by atoms with Gasteiger partial charge in [-0.1, -0.05) is 13.8 Å². The van der Waals surface area contributed by atoms with Gasteiger partial charge in [-0.3, -0.25) is 0 Å². The van der Waals surface area contributed by atoms with E-state index in [0.29, 0.717) is 0 Å². The molecule has 0 aliphatic heterocycles. The summed E-state index contributed by atoms with van der Waals surface area (Å²) in [5.74, 6) is -1.01. The van der Waals surface area contributed by atoms with Crippen LogP contribution in [0.3, 0.4) is 0 Å². The summed E-state index contributed by atoms with van der Waals surface area (Å²) in [7, 11) is 0. The number of carboxylic acid groups (broad SMARTS) is 1. The van der Waals surface area contributed by atoms with Gasteiger partial charge in [-0.15, -0.1) is 0 Å².